The van der Waals surface area contributed by atoms with Crippen molar-refractivity contribution < 1.29 is 38.5 Å². The van der Waals surface area contributed by atoms with Crippen molar-refractivity contribution in [2.75, 3.05) is 0 Å². The molecule has 0 heterocycles. The first-order chi connectivity index (χ1) is 17.7. The molecule has 1 aromatic rings. The van der Waals surface area contributed by atoms with Crippen LogP contribution < -0.4 is 14.8 Å². The van der Waals surface area contributed by atoms with Crippen molar-refractivity contribution in [1.29, 1.82) is 0 Å². The van der Waals surface area contributed by atoms with Crippen LogP contribution in [0.15, 0.2) is 18.2 Å². The Morgan fingerprint density at radius 2 is 1.34 bits per heavy atom. The van der Waals surface area contributed by atoms with Gasteiger partial charge >= 0.3 is 23.9 Å². The molecule has 0 fully saturated rings. The predicted molar refractivity (Wildman–Crippen MR) is 144 cm³/mol. The Bertz CT molecular complexity index is 975. The summed E-state index contributed by atoms with van der Waals surface area (Å²) < 4.78 is 16.8. The molecule has 0 spiro atoms. The van der Waals surface area contributed by atoms with Crippen LogP contribution in [0.25, 0.3) is 0 Å². The molecule has 214 valence electrons. The van der Waals surface area contributed by atoms with Crippen LogP contribution in [0.3, 0.4) is 0 Å². The van der Waals surface area contributed by atoms with Gasteiger partial charge in [-0.3, -0.25) is 19.7 Å². The number of hydrogen-bond acceptors (Lipinski definition) is 8. The van der Waals surface area contributed by atoms with E-state index in [0.29, 0.717) is 24.8 Å². The second-order valence-electron chi connectivity index (χ2n) is 10.5. The number of benzene rings is 1. The van der Waals surface area contributed by atoms with Crippen LogP contribution in [0.1, 0.15) is 87.1 Å². The molecule has 9 heteroatoms. The molecule has 4 unspecified atom stereocenters. The highest BCUT2D eigenvalue weighted by Crippen LogP contribution is 2.32. The Hall–Kier alpha value is -2.94. The standard InChI is InChI=1S/C29H45NO8/c1-10-18(6)25(31)36-23-14-13-22(15-24(23)37-26(32)19(7)11-2)16-29(28(34)35,30-20(8)12-3)38-27(33)21(9)17(4)5/h13-15,17-21,30H,10-12,16H2,1-9H3,(H,34,35)/t18?,19?,20?,21?,29-/m0/s1. The molecule has 1 rings (SSSR count). The lowest BCUT2D eigenvalue weighted by Crippen LogP contribution is -2.60. The van der Waals surface area contributed by atoms with E-state index in [9.17, 15) is 24.3 Å². The van der Waals surface area contributed by atoms with Gasteiger partial charge in [-0.2, -0.15) is 0 Å². The summed E-state index contributed by atoms with van der Waals surface area (Å²) >= 11 is 0. The van der Waals surface area contributed by atoms with Gasteiger partial charge in [0.2, 0.25) is 0 Å². The van der Waals surface area contributed by atoms with E-state index in [1.54, 1.807) is 33.8 Å². The van der Waals surface area contributed by atoms with Crippen molar-refractivity contribution in [2.24, 2.45) is 23.7 Å². The maximum Gasteiger partial charge on any atom is 0.364 e. The normalized spacial score (nSPS) is 16.1. The molecule has 5 atom stereocenters. The van der Waals surface area contributed by atoms with Crippen LogP contribution in [0.2, 0.25) is 0 Å². The fourth-order valence-corrected chi connectivity index (χ4v) is 3.20. The zero-order valence-electron chi connectivity index (χ0n) is 24.3. The quantitative estimate of drug-likeness (QED) is 0.178. The summed E-state index contributed by atoms with van der Waals surface area (Å²) in [4.78, 5) is 50.6. The van der Waals surface area contributed by atoms with Crippen molar-refractivity contribution in [1.82, 2.24) is 5.32 Å². The Kier molecular flexibility index (Phi) is 12.9. The van der Waals surface area contributed by atoms with Crippen LogP contribution in [0, 0.1) is 23.7 Å². The number of ether oxygens (including phenoxy) is 3. The number of carbonyl (C=O) groups is 4. The third-order valence-electron chi connectivity index (χ3n) is 7.00. The van der Waals surface area contributed by atoms with E-state index < -0.39 is 41.4 Å². The van der Waals surface area contributed by atoms with E-state index in [1.165, 1.54) is 12.1 Å². The SMILES string of the molecule is CCC(C)N[C@@](Cc1ccc(OC(=O)C(C)CC)c(OC(=O)C(C)CC)c1)(OC(=O)C(C)C(C)C)C(=O)O. The van der Waals surface area contributed by atoms with E-state index >= 15 is 0 Å². The largest absolute Gasteiger partial charge is 0.477 e. The van der Waals surface area contributed by atoms with Crippen molar-refractivity contribution in [3.05, 3.63) is 23.8 Å². The molecular formula is C29H45NO8. The minimum absolute atomic E-state index is 0.00541. The topological polar surface area (TPSA) is 128 Å². The van der Waals surface area contributed by atoms with Gasteiger partial charge in [0.15, 0.2) is 11.5 Å². The summed E-state index contributed by atoms with van der Waals surface area (Å²) in [7, 11) is 0. The number of aliphatic carboxylic acids is 1. The molecule has 0 aliphatic carbocycles. The van der Waals surface area contributed by atoms with Gasteiger partial charge in [-0.05, 0) is 49.8 Å². The van der Waals surface area contributed by atoms with Crippen LogP contribution in [0.4, 0.5) is 0 Å². The number of rotatable bonds is 15. The number of esters is 3. The summed E-state index contributed by atoms with van der Waals surface area (Å²) in [6, 6.07) is 4.19. The van der Waals surface area contributed by atoms with Crippen LogP contribution >= 0.6 is 0 Å². The Balaban J connectivity index is 3.55. The number of carboxylic acids is 1. The summed E-state index contributed by atoms with van der Waals surface area (Å²) in [6.45, 7) is 16.2. The molecule has 38 heavy (non-hydrogen) atoms. The molecule has 0 aliphatic heterocycles. The molecule has 0 aromatic heterocycles. The highest BCUT2D eigenvalue weighted by molar-refractivity contribution is 5.83. The molecule has 0 amide bonds. The number of nitrogens with one attached hydrogen (secondary N) is 1. The lowest BCUT2D eigenvalue weighted by molar-refractivity contribution is -0.188. The molecule has 0 radical (unpaired) electrons. The third-order valence-corrected chi connectivity index (χ3v) is 7.00. The minimum atomic E-state index is -2.07. The van der Waals surface area contributed by atoms with Crippen LogP contribution in [0.5, 0.6) is 11.5 Å². The van der Waals surface area contributed by atoms with E-state index in [4.69, 9.17) is 14.2 Å². The fourth-order valence-electron chi connectivity index (χ4n) is 3.20. The molecule has 0 bridgehead atoms. The maximum atomic E-state index is 12.9. The molecule has 0 saturated carbocycles. The summed E-state index contributed by atoms with van der Waals surface area (Å²) in [5.41, 5.74) is -1.66. The lowest BCUT2D eigenvalue weighted by Gasteiger charge is -2.34. The average Bonchev–Trinajstić information content (AvgIpc) is 2.87. The molecule has 1 aromatic carbocycles. The summed E-state index contributed by atoms with van der Waals surface area (Å²) in [5, 5.41) is 13.3. The molecular weight excluding hydrogens is 490 g/mol. The second kappa shape index (κ2) is 14.9. The Morgan fingerprint density at radius 3 is 1.79 bits per heavy atom. The number of hydrogen-bond donors (Lipinski definition) is 2. The molecule has 9 nitrogen and oxygen atoms in total. The predicted octanol–water partition coefficient (Wildman–Crippen LogP) is 5.14. The highest BCUT2D eigenvalue weighted by atomic mass is 16.6. The van der Waals surface area contributed by atoms with Gasteiger partial charge < -0.3 is 19.3 Å². The fraction of sp³-hybridized carbons (Fsp3) is 0.655. The lowest BCUT2D eigenvalue weighted by atomic mass is 9.97. The number of carboxylic acid groups (broad SMARTS) is 1. The second-order valence-corrected chi connectivity index (χ2v) is 10.5. The van der Waals surface area contributed by atoms with Crippen molar-refractivity contribution in [3.8, 4) is 11.5 Å². The molecule has 0 aliphatic rings. The Morgan fingerprint density at radius 1 is 0.816 bits per heavy atom. The highest BCUT2D eigenvalue weighted by Gasteiger charge is 2.45. The van der Waals surface area contributed by atoms with E-state index in [2.05, 4.69) is 5.32 Å². The first-order valence-corrected chi connectivity index (χ1v) is 13.5. The van der Waals surface area contributed by atoms with E-state index in [1.807, 2.05) is 34.6 Å². The van der Waals surface area contributed by atoms with Crippen LogP contribution in [-0.4, -0.2) is 40.8 Å². The van der Waals surface area contributed by atoms with Crippen LogP contribution in [-0.2, 0) is 30.3 Å². The van der Waals surface area contributed by atoms with E-state index in [-0.39, 0.29) is 35.8 Å². The monoisotopic (exact) mass is 535 g/mol. The summed E-state index contributed by atoms with van der Waals surface area (Å²) in [5.74, 6) is -4.28. The van der Waals surface area contributed by atoms with Crippen molar-refractivity contribution in [2.45, 2.75) is 99.8 Å². The smallest absolute Gasteiger partial charge is 0.364 e. The number of carbonyl (C=O) groups excluding carboxylic acids is 3. The third kappa shape index (κ3) is 9.11. The first-order valence-electron chi connectivity index (χ1n) is 13.5. The summed E-state index contributed by atoms with van der Waals surface area (Å²) in [6.07, 6.45) is 1.46. The molecule has 0 saturated heterocycles. The minimum Gasteiger partial charge on any atom is -0.477 e. The van der Waals surface area contributed by atoms with Crippen molar-refractivity contribution in [3.63, 3.8) is 0 Å². The average molecular weight is 536 g/mol. The Labute approximate surface area is 226 Å². The first kappa shape index (κ1) is 33.1. The van der Waals surface area contributed by atoms with Gasteiger partial charge in [0.05, 0.1) is 17.8 Å². The van der Waals surface area contributed by atoms with E-state index in [0.717, 1.165) is 0 Å². The zero-order valence-corrected chi connectivity index (χ0v) is 24.3. The van der Waals surface area contributed by atoms with Gasteiger partial charge in [-0.25, -0.2) is 4.79 Å². The van der Waals surface area contributed by atoms with Gasteiger partial charge in [-0.1, -0.05) is 61.5 Å². The van der Waals surface area contributed by atoms with Gasteiger partial charge in [0.25, 0.3) is 5.72 Å². The maximum absolute atomic E-state index is 12.9. The zero-order chi connectivity index (χ0) is 29.2. The van der Waals surface area contributed by atoms with Gasteiger partial charge in [-0.15, -0.1) is 0 Å². The van der Waals surface area contributed by atoms with Gasteiger partial charge in [0, 0.05) is 12.5 Å². The molecule has 2 N–H and O–H groups in total. The van der Waals surface area contributed by atoms with Gasteiger partial charge in [0.1, 0.15) is 0 Å². The van der Waals surface area contributed by atoms with Crippen molar-refractivity contribution >= 4 is 23.9 Å².